The smallest absolute Gasteiger partial charge is 0.373 e. The zero-order valence-electron chi connectivity index (χ0n) is 73.7. The minimum atomic E-state index is -4.61. The topological polar surface area (TPSA) is 314 Å². The summed E-state index contributed by atoms with van der Waals surface area (Å²) < 4.78 is 235. The number of terminal acetylenes is 1. The van der Waals surface area contributed by atoms with Gasteiger partial charge in [0.15, 0.2) is 5.69 Å². The third-order valence-electron chi connectivity index (χ3n) is 18.8. The Kier molecular flexibility index (Phi) is 44.1. The maximum absolute atomic E-state index is 14.2. The Labute approximate surface area is 909 Å². The van der Waals surface area contributed by atoms with Crippen LogP contribution in [0.4, 0.5) is 71.5 Å². The van der Waals surface area contributed by atoms with Crippen LogP contribution in [-0.2, 0) is 257 Å². The maximum Gasteiger partial charge on any atom is 0.373 e. The largest absolute Gasteiger partial charge is 0.515 e. The first-order valence-electron chi connectivity index (χ1n) is 38.6. The van der Waals surface area contributed by atoms with E-state index in [-0.39, 0.29) is 259 Å². The number of alkyl halides is 14. The van der Waals surface area contributed by atoms with Gasteiger partial charge in [-0.3, -0.25) is 0 Å². The van der Waals surface area contributed by atoms with Gasteiger partial charge >= 0.3 is 53.2 Å². The first-order chi connectivity index (χ1) is 64.3. The van der Waals surface area contributed by atoms with Gasteiger partial charge in [-0.15, -0.1) is 42.7 Å². The molecule has 15 rings (SSSR count). The fourth-order valence-electron chi connectivity index (χ4n) is 12.3. The van der Waals surface area contributed by atoms with Crippen LogP contribution in [0, 0.1) is 66.9 Å². The molecule has 0 aliphatic carbocycles. The maximum atomic E-state index is 14.2. The van der Waals surface area contributed by atoms with Gasteiger partial charge in [0.1, 0.15) is 38.9 Å². The molecular formula is C89H65F15N21O10Y5-5. The zero-order chi connectivity index (χ0) is 97.8. The Morgan fingerprint density at radius 3 is 1.01 bits per heavy atom. The van der Waals surface area contributed by atoms with Crippen LogP contribution in [0.25, 0.3) is 39.4 Å². The van der Waals surface area contributed by atoms with Crippen LogP contribution in [0.1, 0.15) is 92.6 Å². The van der Waals surface area contributed by atoms with Crippen molar-refractivity contribution in [2.75, 3.05) is 0 Å². The van der Waals surface area contributed by atoms with Crippen LogP contribution in [0.15, 0.2) is 212 Å². The number of tetrazole rings is 5. The number of nitrogens with zero attached hydrogens (tertiary/aromatic N) is 21. The van der Waals surface area contributed by atoms with Gasteiger partial charge in [-0.25, -0.2) is 42.0 Å². The summed E-state index contributed by atoms with van der Waals surface area (Å²) in [4.78, 5) is 64.0. The van der Waals surface area contributed by atoms with E-state index in [0.717, 1.165) is 89.3 Å². The van der Waals surface area contributed by atoms with E-state index >= 15 is 0 Å². The summed E-state index contributed by atoms with van der Waals surface area (Å²) in [6, 6.07) is 52.5. The van der Waals surface area contributed by atoms with Crippen molar-refractivity contribution in [2.45, 2.75) is 78.0 Å². The molecule has 0 spiro atoms. The Morgan fingerprint density at radius 2 is 0.679 bits per heavy atom. The predicted molar refractivity (Wildman–Crippen MR) is 447 cm³/mol. The van der Waals surface area contributed by atoms with Crippen molar-refractivity contribution in [1.82, 2.24) is 99.0 Å². The van der Waals surface area contributed by atoms with Crippen molar-refractivity contribution in [1.29, 1.82) is 0 Å². The van der Waals surface area contributed by atoms with Crippen LogP contribution >= 0.6 is 0 Å². The van der Waals surface area contributed by atoms with Gasteiger partial charge in [0, 0.05) is 261 Å². The van der Waals surface area contributed by atoms with Crippen LogP contribution in [-0.4, -0.2) is 99.0 Å². The molecule has 0 aliphatic rings. The van der Waals surface area contributed by atoms with Gasteiger partial charge in [-0.1, -0.05) is 66.5 Å². The molecule has 0 fully saturated rings. The Morgan fingerprint density at radius 1 is 0.393 bits per heavy atom. The molecule has 0 unspecified atom stereocenters. The molecule has 0 amide bonds. The van der Waals surface area contributed by atoms with Crippen LogP contribution in [0.2, 0.25) is 0 Å². The quantitative estimate of drug-likeness (QED) is 0.0346. The summed E-state index contributed by atoms with van der Waals surface area (Å²) in [6.45, 7) is 9.22. The number of rotatable bonds is 22. The van der Waals surface area contributed by atoms with Crippen LogP contribution in [0.5, 0.6) is 28.7 Å². The van der Waals surface area contributed by atoms with Crippen molar-refractivity contribution < 1.29 is 253 Å². The van der Waals surface area contributed by atoms with Gasteiger partial charge in [-0.2, -0.15) is 190 Å². The molecular weight excluding hydrogens is 2250 g/mol. The molecule has 5 heterocycles. The molecule has 5 aromatic heterocycles. The third-order valence-corrected chi connectivity index (χ3v) is 18.8. The Balaban J connectivity index is 0.000000266. The molecule has 0 saturated heterocycles. The molecule has 0 saturated carbocycles. The number of aromatic nitrogens is 20. The zero-order valence-corrected chi connectivity index (χ0v) is 87.9. The van der Waals surface area contributed by atoms with Gasteiger partial charge in [0.2, 0.25) is 6.43 Å². The average Bonchev–Trinajstić information content (AvgIpc) is 1.66. The number of hydrogen-bond acceptors (Lipinski definition) is 20. The summed E-state index contributed by atoms with van der Waals surface area (Å²) >= 11 is 0. The number of hydrogen-bond donors (Lipinski definition) is 0. The van der Waals surface area contributed by atoms with E-state index in [1.54, 1.807) is 80.6 Å². The molecule has 0 atom stereocenters. The molecule has 51 heteroatoms. The number of benzene rings is 10. The van der Waals surface area contributed by atoms with Crippen LogP contribution in [0.3, 0.4) is 0 Å². The minimum absolute atomic E-state index is 0. The van der Waals surface area contributed by atoms with Crippen LogP contribution < -0.4 is 52.1 Å². The van der Waals surface area contributed by atoms with Crippen molar-refractivity contribution in [2.24, 2.45) is 35.2 Å². The summed E-state index contributed by atoms with van der Waals surface area (Å²) in [5.41, 5.74) is -2.33. The normalized spacial score (nSPS) is 10.9. The van der Waals surface area contributed by atoms with Crippen molar-refractivity contribution >= 4 is 11.8 Å². The molecule has 5 radical (unpaired) electrons. The second-order valence-corrected chi connectivity index (χ2v) is 27.5. The van der Waals surface area contributed by atoms with E-state index < -0.39 is 93.4 Å². The first-order valence-corrected chi connectivity index (χ1v) is 38.6. The minimum Gasteiger partial charge on any atom is -0.515 e. The van der Waals surface area contributed by atoms with Crippen molar-refractivity contribution in [3.8, 4) is 81.4 Å². The van der Waals surface area contributed by atoms with E-state index in [2.05, 4.69) is 105 Å². The molecule has 31 nitrogen and oxygen atoms in total. The molecule has 711 valence electrons. The monoisotopic (exact) mass is 2320 g/mol. The number of ether oxygens (including phenoxy) is 5. The Bertz CT molecular complexity index is 7130. The number of halogens is 15. The molecule has 10 aromatic carbocycles. The SMILES string of the molecule is C#Cc1cccc(-n2nnn(C)c2=O)c1COc1cc[c-]cc1C(F)(F)F.C/C=C/c1cccc(-n2nnn(C)c2=O)c1COc1cc[c-]cc1C(F)(F)F.CC#Cc1cccc(-n2nnn(C)c2=O)c1COc1cc[c-]cc1C(F)(F)F.Cn1nnn(-c2cccc(F)c2COc2cc[c-]cc2C(F)F)c1=O.[C-]#[N+]c1cccc(-n2nnn(C)c2=O)c1COc1cc[c-]cc1C(F)(F)F.[Y].[Y].[Y].[Y].[Y]. The third kappa shape index (κ3) is 29.1. The average molecular weight is 2320 g/mol. The van der Waals surface area contributed by atoms with E-state index in [1.807, 2.05) is 0 Å². The van der Waals surface area contributed by atoms with Crippen molar-refractivity contribution in [3.63, 3.8) is 0 Å². The molecule has 15 aromatic rings. The van der Waals surface area contributed by atoms with Gasteiger partial charge < -0.3 is 23.7 Å². The summed E-state index contributed by atoms with van der Waals surface area (Å²) in [5, 5.41) is 36.8. The Hall–Kier alpha value is -11.6. The fraction of sp³-hybridized carbons (Fsp3) is 0.191. The number of aryl methyl sites for hydroxylation is 5. The van der Waals surface area contributed by atoms with E-state index in [1.165, 1.54) is 120 Å². The first kappa shape index (κ1) is 117. The molecule has 0 bridgehead atoms. The van der Waals surface area contributed by atoms with Gasteiger partial charge in [-0.05, 0) is 148 Å². The molecule has 0 aliphatic heterocycles. The standard InChI is InChI=1S/C19H16F3N4O2.C19H14F3N4O2.C18H12F3N4O2.C17H11F3N5O2.C16H12F3N4O2.5Y/c2*1-3-7-13-8-6-10-16(26-18(27)25(2)23-24-26)14(13)12-28-17-11-5-4-9-15(17)19(20,21)22;1-3-12-7-6-9-15(25-17(26)24(2)22-23-25)13(12)11-27-16-10-5-4-8-14(16)18(19,20)21;1-21-13-7-5-8-14(25-16(26)24(2)22-23-25)11(13)10-27-15-9-4-3-6-12(15)17(18,19)20;1-22-16(24)23(21-20-22)13-7-4-6-12(17)11(13)9-25-14-8-3-2-5-10(14)15(18)19;;;;;/h3,5-11H,12H2,1-2H3;5-6,8-11H,12H2,1-2H3;1,5-10H,11H2,2H3;4-9H,10H2,2H3;3-8,15H,9H2,1H3;;;;;/q5*-1;;;;;/b7-3+;;;;;;;;;. The summed E-state index contributed by atoms with van der Waals surface area (Å²) in [6.07, 6.45) is -12.1. The van der Waals surface area contributed by atoms with Gasteiger partial charge in [0.05, 0.1) is 40.6 Å². The fourth-order valence-corrected chi connectivity index (χ4v) is 12.3. The van der Waals surface area contributed by atoms with E-state index in [4.69, 9.17) is 36.7 Å². The second kappa shape index (κ2) is 52.7. The summed E-state index contributed by atoms with van der Waals surface area (Å²) in [7, 11) is 7.11. The molecule has 0 N–H and O–H groups in total. The number of allylic oxidation sites excluding steroid dienone is 1. The van der Waals surface area contributed by atoms with Crippen molar-refractivity contribution in [3.05, 3.63) is 360 Å². The predicted octanol–water partition coefficient (Wildman–Crippen LogP) is 13.8. The second-order valence-electron chi connectivity index (χ2n) is 27.5. The van der Waals surface area contributed by atoms with E-state index in [0.29, 0.717) is 44.8 Å². The van der Waals surface area contributed by atoms with E-state index in [9.17, 15) is 89.8 Å². The van der Waals surface area contributed by atoms with Gasteiger partial charge in [0.25, 0.3) is 0 Å². The molecule has 140 heavy (non-hydrogen) atoms. The summed E-state index contributed by atoms with van der Waals surface area (Å²) in [5.74, 6) is 5.85.